The molecule has 0 aromatic carbocycles. The summed E-state index contributed by atoms with van der Waals surface area (Å²) in [6.07, 6.45) is 3.64. The molecule has 1 saturated heterocycles. The van der Waals surface area contributed by atoms with Gasteiger partial charge in [-0.2, -0.15) is 15.0 Å². The molecule has 7 nitrogen and oxygen atoms in total. The van der Waals surface area contributed by atoms with E-state index in [1.807, 2.05) is 25.8 Å². The molecule has 1 atom stereocenters. The number of rotatable bonds is 6. The van der Waals surface area contributed by atoms with E-state index in [9.17, 15) is 5.11 Å². The Bertz CT molecular complexity index is 429. The lowest BCUT2D eigenvalue weighted by molar-refractivity contribution is 0.269. The Hall–Kier alpha value is -1.63. The van der Waals surface area contributed by atoms with Gasteiger partial charge in [0.1, 0.15) is 0 Å². The largest absolute Gasteiger partial charge is 0.394 e. The van der Waals surface area contributed by atoms with Crippen LogP contribution in [0.1, 0.15) is 33.1 Å². The van der Waals surface area contributed by atoms with Gasteiger partial charge in [-0.25, -0.2) is 0 Å². The number of aromatic nitrogens is 3. The van der Waals surface area contributed by atoms with Crippen molar-refractivity contribution in [2.75, 3.05) is 48.4 Å². The number of nitrogens with zero attached hydrogens (tertiary/aromatic N) is 5. The summed E-state index contributed by atoms with van der Waals surface area (Å²) in [6, 6.07) is -0.0314. The van der Waals surface area contributed by atoms with Crippen LogP contribution < -0.4 is 15.1 Å². The van der Waals surface area contributed by atoms with Crippen molar-refractivity contribution < 1.29 is 5.11 Å². The Morgan fingerprint density at radius 2 is 1.95 bits per heavy atom. The van der Waals surface area contributed by atoms with E-state index in [2.05, 4.69) is 25.2 Å². The second-order valence-electron chi connectivity index (χ2n) is 5.48. The Morgan fingerprint density at radius 1 is 1.24 bits per heavy atom. The Morgan fingerprint density at radius 3 is 2.57 bits per heavy atom. The molecule has 0 radical (unpaired) electrons. The second kappa shape index (κ2) is 7.40. The molecule has 1 fully saturated rings. The molecule has 21 heavy (non-hydrogen) atoms. The molecule has 7 heteroatoms. The molecule has 1 unspecified atom stereocenters. The monoisotopic (exact) mass is 294 g/mol. The molecule has 0 bridgehead atoms. The Balaban J connectivity index is 2.28. The predicted octanol–water partition coefficient (Wildman–Crippen LogP) is 1.11. The quantitative estimate of drug-likeness (QED) is 0.813. The number of hydrogen-bond acceptors (Lipinski definition) is 7. The van der Waals surface area contributed by atoms with Gasteiger partial charge >= 0.3 is 0 Å². The van der Waals surface area contributed by atoms with Crippen LogP contribution in [-0.4, -0.2) is 59.4 Å². The zero-order valence-corrected chi connectivity index (χ0v) is 13.2. The van der Waals surface area contributed by atoms with Crippen LogP contribution in [0.25, 0.3) is 0 Å². The maximum Gasteiger partial charge on any atom is 0.232 e. The van der Waals surface area contributed by atoms with Gasteiger partial charge in [-0.1, -0.05) is 0 Å². The Labute approximate surface area is 126 Å². The highest BCUT2D eigenvalue weighted by Crippen LogP contribution is 2.20. The molecule has 118 valence electrons. The predicted molar refractivity (Wildman–Crippen MR) is 85.0 cm³/mol. The number of nitrogens with one attached hydrogen (secondary N) is 1. The van der Waals surface area contributed by atoms with Crippen molar-refractivity contribution in [3.63, 3.8) is 0 Å². The summed E-state index contributed by atoms with van der Waals surface area (Å²) in [4.78, 5) is 17.6. The number of aliphatic hydroxyl groups is 1. The minimum absolute atomic E-state index is 0.0314. The fraction of sp³-hybridized carbons (Fsp3) is 0.786. The van der Waals surface area contributed by atoms with Gasteiger partial charge < -0.3 is 20.2 Å². The first-order valence-electron chi connectivity index (χ1n) is 7.74. The van der Waals surface area contributed by atoms with Gasteiger partial charge in [-0.05, 0) is 33.1 Å². The van der Waals surface area contributed by atoms with E-state index < -0.39 is 0 Å². The average Bonchev–Trinajstić information content (AvgIpc) is 2.54. The van der Waals surface area contributed by atoms with E-state index in [1.165, 1.54) is 19.3 Å². The number of hydrogen-bond donors (Lipinski definition) is 2. The van der Waals surface area contributed by atoms with Crippen LogP contribution in [0.5, 0.6) is 0 Å². The molecule has 2 heterocycles. The highest BCUT2D eigenvalue weighted by Gasteiger charge is 2.19. The second-order valence-corrected chi connectivity index (χ2v) is 5.48. The van der Waals surface area contributed by atoms with E-state index in [4.69, 9.17) is 0 Å². The fourth-order valence-corrected chi connectivity index (χ4v) is 2.30. The topological polar surface area (TPSA) is 77.4 Å². The van der Waals surface area contributed by atoms with E-state index in [1.54, 1.807) is 0 Å². The lowest BCUT2D eigenvalue weighted by atomic mass is 10.1. The number of piperidine rings is 1. The van der Waals surface area contributed by atoms with Crippen LogP contribution in [0.4, 0.5) is 17.8 Å². The van der Waals surface area contributed by atoms with Crippen molar-refractivity contribution in [2.45, 2.75) is 39.2 Å². The van der Waals surface area contributed by atoms with Crippen molar-refractivity contribution in [3.05, 3.63) is 0 Å². The van der Waals surface area contributed by atoms with Gasteiger partial charge in [-0.15, -0.1) is 0 Å². The van der Waals surface area contributed by atoms with Crippen LogP contribution in [-0.2, 0) is 0 Å². The maximum atomic E-state index is 9.32. The molecule has 1 aromatic rings. The average molecular weight is 294 g/mol. The van der Waals surface area contributed by atoms with E-state index >= 15 is 0 Å². The molecule has 0 amide bonds. The summed E-state index contributed by atoms with van der Waals surface area (Å²) < 4.78 is 0. The minimum atomic E-state index is -0.0314. The van der Waals surface area contributed by atoms with Crippen molar-refractivity contribution in [2.24, 2.45) is 0 Å². The van der Waals surface area contributed by atoms with E-state index in [0.717, 1.165) is 25.6 Å². The normalized spacial score (nSPS) is 16.7. The third-order valence-corrected chi connectivity index (χ3v) is 3.83. The smallest absolute Gasteiger partial charge is 0.232 e. The number of aliphatic hydroxyl groups excluding tert-OH is 1. The van der Waals surface area contributed by atoms with Crippen LogP contribution in [0.3, 0.4) is 0 Å². The third kappa shape index (κ3) is 3.93. The first kappa shape index (κ1) is 15.8. The SMILES string of the molecule is CCNc1nc(N2CCCCC2)nc(N(C)C(C)CO)n1. The molecule has 2 N–H and O–H groups in total. The van der Waals surface area contributed by atoms with E-state index in [-0.39, 0.29) is 12.6 Å². The highest BCUT2D eigenvalue weighted by molar-refractivity contribution is 5.45. The summed E-state index contributed by atoms with van der Waals surface area (Å²) in [6.45, 7) is 6.78. The molecule has 1 aliphatic rings. The third-order valence-electron chi connectivity index (χ3n) is 3.83. The summed E-state index contributed by atoms with van der Waals surface area (Å²) in [5, 5.41) is 12.5. The summed E-state index contributed by atoms with van der Waals surface area (Å²) in [7, 11) is 1.89. The highest BCUT2D eigenvalue weighted by atomic mass is 16.3. The number of anilines is 3. The zero-order chi connectivity index (χ0) is 15.2. The number of likely N-dealkylation sites (N-methyl/N-ethyl adjacent to an activating group) is 1. The molecule has 0 spiro atoms. The fourth-order valence-electron chi connectivity index (χ4n) is 2.30. The lowest BCUT2D eigenvalue weighted by Gasteiger charge is -2.29. The van der Waals surface area contributed by atoms with Crippen molar-refractivity contribution in [1.29, 1.82) is 0 Å². The molecule has 2 rings (SSSR count). The first-order chi connectivity index (χ1) is 10.2. The summed E-state index contributed by atoms with van der Waals surface area (Å²) in [5.41, 5.74) is 0. The van der Waals surface area contributed by atoms with Crippen LogP contribution >= 0.6 is 0 Å². The van der Waals surface area contributed by atoms with Gasteiger partial charge in [0.05, 0.1) is 12.6 Å². The standard InChI is InChI=1S/C14H26N6O/c1-4-15-12-16-13(19(3)11(2)10-21)18-14(17-12)20-8-6-5-7-9-20/h11,21H,4-10H2,1-3H3,(H,15,16,17,18). The van der Waals surface area contributed by atoms with E-state index in [0.29, 0.717) is 11.9 Å². The molecule has 1 aliphatic heterocycles. The summed E-state index contributed by atoms with van der Waals surface area (Å²) in [5.74, 6) is 1.93. The van der Waals surface area contributed by atoms with Crippen LogP contribution in [0.15, 0.2) is 0 Å². The van der Waals surface area contributed by atoms with Crippen molar-refractivity contribution in [3.8, 4) is 0 Å². The van der Waals surface area contributed by atoms with Gasteiger partial charge in [0, 0.05) is 26.7 Å². The summed E-state index contributed by atoms with van der Waals surface area (Å²) >= 11 is 0. The zero-order valence-electron chi connectivity index (χ0n) is 13.2. The van der Waals surface area contributed by atoms with Gasteiger partial charge in [0.25, 0.3) is 0 Å². The maximum absolute atomic E-state index is 9.32. The molecule has 0 saturated carbocycles. The van der Waals surface area contributed by atoms with Gasteiger partial charge in [0.2, 0.25) is 17.8 Å². The van der Waals surface area contributed by atoms with Gasteiger partial charge in [0.15, 0.2) is 0 Å². The Kier molecular flexibility index (Phi) is 5.55. The van der Waals surface area contributed by atoms with Crippen molar-refractivity contribution in [1.82, 2.24) is 15.0 Å². The lowest BCUT2D eigenvalue weighted by Crippen LogP contribution is -2.35. The van der Waals surface area contributed by atoms with Crippen molar-refractivity contribution >= 4 is 17.8 Å². The van der Waals surface area contributed by atoms with Gasteiger partial charge in [-0.3, -0.25) is 0 Å². The molecule has 1 aromatic heterocycles. The van der Waals surface area contributed by atoms with Crippen LogP contribution in [0.2, 0.25) is 0 Å². The molecular formula is C14H26N6O. The minimum Gasteiger partial charge on any atom is -0.394 e. The molecular weight excluding hydrogens is 268 g/mol. The first-order valence-corrected chi connectivity index (χ1v) is 7.74. The van der Waals surface area contributed by atoms with Crippen LogP contribution in [0, 0.1) is 0 Å². The molecule has 0 aliphatic carbocycles.